The van der Waals surface area contributed by atoms with Crippen LogP contribution in [0, 0.1) is 11.3 Å². The molecule has 0 N–H and O–H groups in total. The summed E-state index contributed by atoms with van der Waals surface area (Å²) in [7, 11) is 0. The van der Waals surface area contributed by atoms with E-state index in [0.29, 0.717) is 11.3 Å². The number of ether oxygens (including phenoxy) is 1. The van der Waals surface area contributed by atoms with Crippen molar-refractivity contribution in [3.8, 4) is 17.5 Å². The number of esters is 1. The number of aromatic nitrogens is 3. The van der Waals surface area contributed by atoms with E-state index >= 15 is 0 Å². The van der Waals surface area contributed by atoms with Crippen molar-refractivity contribution < 1.29 is 9.53 Å². The molecule has 0 aliphatic carbocycles. The third-order valence-electron chi connectivity index (χ3n) is 2.86. The van der Waals surface area contributed by atoms with E-state index in [0.717, 1.165) is 5.69 Å². The van der Waals surface area contributed by atoms with Crippen molar-refractivity contribution in [2.24, 2.45) is 0 Å². The Bertz CT molecular complexity index is 850. The van der Waals surface area contributed by atoms with Gasteiger partial charge in [0.25, 0.3) is 0 Å². The lowest BCUT2D eigenvalue weighted by Gasteiger charge is -2.01. The van der Waals surface area contributed by atoms with Crippen molar-refractivity contribution >= 4 is 5.97 Å². The number of hydrogen-bond acceptors (Lipinski definition) is 5. The number of benzene rings is 2. The largest absolute Gasteiger partial charge is 0.422 e. The minimum Gasteiger partial charge on any atom is -0.422 e. The van der Waals surface area contributed by atoms with Crippen molar-refractivity contribution in [1.29, 1.82) is 5.26 Å². The molecule has 106 valence electrons. The average Bonchev–Trinajstić information content (AvgIpc) is 3.06. The van der Waals surface area contributed by atoms with Gasteiger partial charge in [-0.2, -0.15) is 15.2 Å². The van der Waals surface area contributed by atoms with Gasteiger partial charge in [0, 0.05) is 0 Å². The molecule has 3 aromatic rings. The minimum absolute atomic E-state index is 0.0891. The zero-order valence-corrected chi connectivity index (χ0v) is 11.4. The van der Waals surface area contributed by atoms with Gasteiger partial charge in [-0.25, -0.2) is 4.79 Å². The monoisotopic (exact) mass is 290 g/mol. The molecule has 1 heterocycles. The molecule has 0 saturated carbocycles. The summed E-state index contributed by atoms with van der Waals surface area (Å²) >= 11 is 0. The summed E-state index contributed by atoms with van der Waals surface area (Å²) < 4.78 is 5.19. The first-order valence-electron chi connectivity index (χ1n) is 6.46. The van der Waals surface area contributed by atoms with E-state index in [2.05, 4.69) is 10.2 Å². The van der Waals surface area contributed by atoms with Crippen LogP contribution in [0.4, 0.5) is 0 Å². The Hall–Kier alpha value is -3.46. The number of nitrogens with zero attached hydrogens (tertiary/aromatic N) is 4. The predicted molar refractivity (Wildman–Crippen MR) is 77.5 cm³/mol. The number of para-hydroxylation sites is 1. The molecule has 0 atom stereocenters. The van der Waals surface area contributed by atoms with Gasteiger partial charge in [-0.1, -0.05) is 24.3 Å². The molecule has 0 saturated heterocycles. The van der Waals surface area contributed by atoms with Crippen LogP contribution < -0.4 is 4.74 Å². The Labute approximate surface area is 126 Å². The van der Waals surface area contributed by atoms with Crippen LogP contribution >= 0.6 is 0 Å². The van der Waals surface area contributed by atoms with Crippen LogP contribution in [0.5, 0.6) is 5.75 Å². The average molecular weight is 290 g/mol. The predicted octanol–water partition coefficient (Wildman–Crippen LogP) is 2.36. The van der Waals surface area contributed by atoms with E-state index in [1.54, 1.807) is 18.2 Å². The lowest BCUT2D eigenvalue weighted by molar-refractivity contribution is 0.0728. The van der Waals surface area contributed by atoms with Crippen molar-refractivity contribution in [2.75, 3.05) is 0 Å². The summed E-state index contributed by atoms with van der Waals surface area (Å²) in [4.78, 5) is 13.4. The van der Waals surface area contributed by atoms with Crippen molar-refractivity contribution in [3.05, 3.63) is 72.1 Å². The van der Waals surface area contributed by atoms with Gasteiger partial charge in [0.05, 0.1) is 23.5 Å². The van der Waals surface area contributed by atoms with Gasteiger partial charge in [0.2, 0.25) is 0 Å². The van der Waals surface area contributed by atoms with Crippen molar-refractivity contribution in [2.45, 2.75) is 0 Å². The second-order valence-corrected chi connectivity index (χ2v) is 4.38. The molecule has 1 aromatic heterocycles. The Morgan fingerprint density at radius 3 is 2.73 bits per heavy atom. The number of carbonyl (C=O) groups is 1. The molecule has 0 fully saturated rings. The summed E-state index contributed by atoms with van der Waals surface area (Å²) in [5.74, 6) is -0.337. The number of hydrogen-bond donors (Lipinski definition) is 0. The summed E-state index contributed by atoms with van der Waals surface area (Å²) in [6.07, 6.45) is 1.34. The fraction of sp³-hybridized carbons (Fsp3) is 0. The minimum atomic E-state index is -0.628. The Morgan fingerprint density at radius 2 is 1.95 bits per heavy atom. The van der Waals surface area contributed by atoms with Gasteiger partial charge in [0.15, 0.2) is 5.69 Å². The maximum absolute atomic E-state index is 12.0. The van der Waals surface area contributed by atoms with Gasteiger partial charge in [-0.05, 0) is 30.3 Å². The van der Waals surface area contributed by atoms with Crippen LogP contribution in [0.2, 0.25) is 0 Å². The van der Waals surface area contributed by atoms with Crippen LogP contribution in [0.25, 0.3) is 5.69 Å². The van der Waals surface area contributed by atoms with Crippen LogP contribution in [0.15, 0.2) is 60.8 Å². The zero-order chi connectivity index (χ0) is 15.4. The lowest BCUT2D eigenvalue weighted by atomic mass is 10.2. The molecule has 0 aliphatic heterocycles. The number of nitriles is 1. The SMILES string of the molecule is N#Cc1cccc(OC(=O)c2cnn(-c3ccccc3)n2)c1. The fourth-order valence-corrected chi connectivity index (χ4v) is 1.83. The van der Waals surface area contributed by atoms with Crippen LogP contribution in [0.3, 0.4) is 0 Å². The molecular formula is C16H10N4O2. The highest BCUT2D eigenvalue weighted by Gasteiger charge is 2.14. The Kier molecular flexibility index (Phi) is 3.62. The highest BCUT2D eigenvalue weighted by Crippen LogP contribution is 2.14. The van der Waals surface area contributed by atoms with Gasteiger partial charge in [0.1, 0.15) is 5.75 Å². The van der Waals surface area contributed by atoms with Crippen LogP contribution in [-0.4, -0.2) is 21.0 Å². The molecule has 2 aromatic carbocycles. The van der Waals surface area contributed by atoms with Crippen molar-refractivity contribution in [1.82, 2.24) is 15.0 Å². The Morgan fingerprint density at radius 1 is 1.14 bits per heavy atom. The van der Waals surface area contributed by atoms with Gasteiger partial charge >= 0.3 is 5.97 Å². The van der Waals surface area contributed by atoms with Gasteiger partial charge in [-0.3, -0.25) is 0 Å². The standard InChI is InChI=1S/C16H10N4O2/c17-10-12-5-4-8-14(9-12)22-16(21)15-11-18-20(19-15)13-6-2-1-3-7-13/h1-9,11H. The Balaban J connectivity index is 1.79. The van der Waals surface area contributed by atoms with Crippen LogP contribution in [0.1, 0.15) is 16.1 Å². The normalized spacial score (nSPS) is 9.95. The van der Waals surface area contributed by atoms with Gasteiger partial charge < -0.3 is 4.74 Å². The molecule has 22 heavy (non-hydrogen) atoms. The second-order valence-electron chi connectivity index (χ2n) is 4.38. The zero-order valence-electron chi connectivity index (χ0n) is 11.4. The first kappa shape index (κ1) is 13.5. The number of rotatable bonds is 3. The summed E-state index contributed by atoms with van der Waals surface area (Å²) in [5.41, 5.74) is 1.25. The molecule has 0 radical (unpaired) electrons. The highest BCUT2D eigenvalue weighted by atomic mass is 16.5. The molecule has 0 unspecified atom stereocenters. The number of carbonyl (C=O) groups excluding carboxylic acids is 1. The maximum atomic E-state index is 12.0. The van der Waals surface area contributed by atoms with E-state index in [1.165, 1.54) is 17.1 Å². The fourth-order valence-electron chi connectivity index (χ4n) is 1.83. The molecule has 0 spiro atoms. The quantitative estimate of drug-likeness (QED) is 0.546. The third kappa shape index (κ3) is 2.83. The molecule has 6 heteroatoms. The molecule has 0 bridgehead atoms. The van der Waals surface area contributed by atoms with E-state index in [-0.39, 0.29) is 5.69 Å². The molecular weight excluding hydrogens is 280 g/mol. The molecule has 3 rings (SSSR count). The van der Waals surface area contributed by atoms with Crippen LogP contribution in [-0.2, 0) is 0 Å². The van der Waals surface area contributed by atoms with E-state index in [1.807, 2.05) is 36.4 Å². The topological polar surface area (TPSA) is 80.8 Å². The van der Waals surface area contributed by atoms with Gasteiger partial charge in [-0.15, -0.1) is 5.10 Å². The highest BCUT2D eigenvalue weighted by molar-refractivity contribution is 5.88. The van der Waals surface area contributed by atoms with E-state index < -0.39 is 5.97 Å². The van der Waals surface area contributed by atoms with E-state index in [4.69, 9.17) is 10.00 Å². The smallest absolute Gasteiger partial charge is 0.365 e. The summed E-state index contributed by atoms with van der Waals surface area (Å²) in [5, 5.41) is 16.9. The molecule has 6 nitrogen and oxygen atoms in total. The second kappa shape index (κ2) is 5.89. The molecule has 0 amide bonds. The maximum Gasteiger partial charge on any atom is 0.365 e. The van der Waals surface area contributed by atoms with Crippen molar-refractivity contribution in [3.63, 3.8) is 0 Å². The van der Waals surface area contributed by atoms with E-state index in [9.17, 15) is 4.79 Å². The lowest BCUT2D eigenvalue weighted by Crippen LogP contribution is -2.10. The first-order valence-corrected chi connectivity index (χ1v) is 6.46. The summed E-state index contributed by atoms with van der Waals surface area (Å²) in [6.45, 7) is 0. The first-order chi connectivity index (χ1) is 10.8. The molecule has 0 aliphatic rings. The summed E-state index contributed by atoms with van der Waals surface area (Å²) in [6, 6.07) is 17.6. The third-order valence-corrected chi connectivity index (χ3v) is 2.86.